The average molecular weight is 573 g/mol. The van der Waals surface area contributed by atoms with Crippen molar-refractivity contribution in [2.75, 3.05) is 13.2 Å². The number of piperidine rings is 1. The van der Waals surface area contributed by atoms with Gasteiger partial charge in [0.15, 0.2) is 0 Å². The Hall–Kier alpha value is -3.16. The Balaban J connectivity index is 1.64. The maximum absolute atomic E-state index is 13.4. The number of hydrogen-bond donors (Lipinski definition) is 3. The molecule has 2 heterocycles. The Morgan fingerprint density at radius 2 is 1.65 bits per heavy atom. The first-order valence-corrected chi connectivity index (χ1v) is 12.7. The number of ether oxygens (including phenoxy) is 1. The molecule has 40 heavy (non-hydrogen) atoms. The van der Waals surface area contributed by atoms with Crippen molar-refractivity contribution < 1.29 is 36.2 Å². The van der Waals surface area contributed by atoms with Crippen molar-refractivity contribution in [3.8, 4) is 0 Å². The highest BCUT2D eigenvalue weighted by Crippen LogP contribution is 2.41. The van der Waals surface area contributed by atoms with Gasteiger partial charge in [-0.3, -0.25) is 4.57 Å². The minimum Gasteiger partial charge on any atom is -0.393 e. The molecular formula is C27H30F6N4O3. The zero-order chi connectivity index (χ0) is 29.3. The first-order valence-electron chi connectivity index (χ1n) is 12.7. The largest absolute Gasteiger partial charge is 0.416 e. The van der Waals surface area contributed by atoms with Gasteiger partial charge in [0.05, 0.1) is 41.0 Å². The van der Waals surface area contributed by atoms with E-state index in [1.807, 2.05) is 30.3 Å². The minimum atomic E-state index is -4.97. The molecule has 13 heteroatoms. The molecule has 1 fully saturated rings. The van der Waals surface area contributed by atoms with E-state index in [-0.39, 0.29) is 31.2 Å². The number of aliphatic hydroxyl groups is 1. The Morgan fingerprint density at radius 3 is 2.12 bits per heavy atom. The normalized spacial score (nSPS) is 23.6. The van der Waals surface area contributed by atoms with Gasteiger partial charge in [-0.05, 0) is 62.4 Å². The lowest BCUT2D eigenvalue weighted by Crippen LogP contribution is -2.60. The molecule has 1 aliphatic rings. The zero-order valence-electron chi connectivity index (χ0n) is 21.8. The maximum Gasteiger partial charge on any atom is 0.416 e. The van der Waals surface area contributed by atoms with E-state index < -0.39 is 52.5 Å². The van der Waals surface area contributed by atoms with Crippen LogP contribution in [0, 0.1) is 0 Å². The van der Waals surface area contributed by atoms with Crippen LogP contribution < -0.4 is 11.0 Å². The second kappa shape index (κ2) is 11.0. The Bertz CT molecular complexity index is 1310. The summed E-state index contributed by atoms with van der Waals surface area (Å²) >= 11 is 0. The van der Waals surface area contributed by atoms with Crippen molar-refractivity contribution in [2.45, 2.75) is 68.7 Å². The molecule has 1 aromatic heterocycles. The number of nitrogens with zero attached hydrogens (tertiary/aromatic N) is 2. The number of hydrogen-bond acceptors (Lipinski definition) is 5. The van der Waals surface area contributed by atoms with Crippen molar-refractivity contribution in [2.24, 2.45) is 0 Å². The molecule has 1 saturated heterocycles. The summed E-state index contributed by atoms with van der Waals surface area (Å²) in [7, 11) is 0. The number of H-pyrrole nitrogens is 1. The molecule has 0 spiro atoms. The summed E-state index contributed by atoms with van der Waals surface area (Å²) in [4.78, 5) is 12.5. The molecule has 218 valence electrons. The number of benzene rings is 2. The molecule has 0 saturated carbocycles. The molecule has 0 amide bonds. The highest BCUT2D eigenvalue weighted by molar-refractivity contribution is 5.35. The number of aliphatic hydroxyl groups excluding tert-OH is 1. The molecule has 4 atom stereocenters. The van der Waals surface area contributed by atoms with Gasteiger partial charge in [-0.25, -0.2) is 9.89 Å². The predicted octanol–water partition coefficient (Wildman–Crippen LogP) is 5.13. The van der Waals surface area contributed by atoms with Gasteiger partial charge < -0.3 is 15.2 Å². The summed E-state index contributed by atoms with van der Waals surface area (Å²) < 4.78 is 87.8. The first kappa shape index (κ1) is 29.8. The number of halogens is 6. The fraction of sp³-hybridized carbons (Fsp3) is 0.481. The van der Waals surface area contributed by atoms with Crippen LogP contribution >= 0.6 is 0 Å². The van der Waals surface area contributed by atoms with Crippen LogP contribution in [0.4, 0.5) is 26.3 Å². The van der Waals surface area contributed by atoms with Crippen molar-refractivity contribution in [3.63, 3.8) is 0 Å². The van der Waals surface area contributed by atoms with Gasteiger partial charge >= 0.3 is 18.0 Å². The van der Waals surface area contributed by atoms with Crippen LogP contribution in [-0.4, -0.2) is 39.1 Å². The van der Waals surface area contributed by atoms with E-state index in [4.69, 9.17) is 4.74 Å². The molecule has 1 unspecified atom stereocenters. The summed E-state index contributed by atoms with van der Waals surface area (Å²) in [6, 6.07) is 10.5. The van der Waals surface area contributed by atoms with Crippen LogP contribution in [0.3, 0.4) is 0 Å². The third kappa shape index (κ3) is 6.26. The smallest absolute Gasteiger partial charge is 0.393 e. The lowest BCUT2D eigenvalue weighted by molar-refractivity contribution is -0.143. The molecule has 0 radical (unpaired) electrons. The topological polar surface area (TPSA) is 92.2 Å². The predicted molar refractivity (Wildman–Crippen MR) is 133 cm³/mol. The number of nitrogens with one attached hydrogen (secondary N) is 2. The molecule has 0 aliphatic carbocycles. The maximum atomic E-state index is 13.4. The van der Waals surface area contributed by atoms with Crippen molar-refractivity contribution >= 4 is 0 Å². The first-order chi connectivity index (χ1) is 18.7. The van der Waals surface area contributed by atoms with Crippen molar-refractivity contribution in [3.05, 3.63) is 87.6 Å². The van der Waals surface area contributed by atoms with Crippen molar-refractivity contribution in [1.29, 1.82) is 0 Å². The number of rotatable bonds is 8. The number of aromatic amines is 1. The Labute approximate surface area is 226 Å². The van der Waals surface area contributed by atoms with Gasteiger partial charge in [0.25, 0.3) is 0 Å². The Morgan fingerprint density at radius 1 is 1.02 bits per heavy atom. The monoisotopic (exact) mass is 572 g/mol. The number of aromatic nitrogens is 3. The van der Waals surface area contributed by atoms with Crippen LogP contribution in [0.2, 0.25) is 0 Å². The molecule has 1 aliphatic heterocycles. The van der Waals surface area contributed by atoms with Gasteiger partial charge in [-0.1, -0.05) is 30.3 Å². The van der Waals surface area contributed by atoms with Gasteiger partial charge in [-0.15, -0.1) is 0 Å². The quantitative estimate of drug-likeness (QED) is 0.326. The fourth-order valence-electron chi connectivity index (χ4n) is 5.36. The summed E-state index contributed by atoms with van der Waals surface area (Å²) in [5, 5.41) is 19.8. The van der Waals surface area contributed by atoms with Crippen LogP contribution in [0.5, 0.6) is 0 Å². The molecule has 0 bridgehead atoms. The Kier molecular flexibility index (Phi) is 8.21. The highest BCUT2D eigenvalue weighted by Gasteiger charge is 2.46. The van der Waals surface area contributed by atoms with Crippen LogP contribution in [0.1, 0.15) is 61.5 Å². The molecule has 7 nitrogen and oxygen atoms in total. The van der Waals surface area contributed by atoms with Crippen LogP contribution in [-0.2, 0) is 28.2 Å². The van der Waals surface area contributed by atoms with Gasteiger partial charge in [-0.2, -0.15) is 31.4 Å². The van der Waals surface area contributed by atoms with E-state index in [2.05, 4.69) is 15.5 Å². The van der Waals surface area contributed by atoms with E-state index in [1.165, 1.54) is 17.8 Å². The van der Waals surface area contributed by atoms with E-state index in [0.29, 0.717) is 25.0 Å². The molecule has 2 aromatic carbocycles. The lowest BCUT2D eigenvalue weighted by atomic mass is 9.74. The second-order valence-electron chi connectivity index (χ2n) is 10.4. The average Bonchev–Trinajstić information content (AvgIpc) is 3.33. The number of alkyl halides is 6. The third-order valence-corrected chi connectivity index (χ3v) is 7.50. The summed E-state index contributed by atoms with van der Waals surface area (Å²) in [5.74, 6) is 0. The standard InChI is InChI=1S/C27H30F6N4O3/c1-17(38)13-24(37-16-35-36-23(37)39)8-9-25(34-14-24,20-6-4-3-5-7-20)15-40-18(2)19-10-21(26(28,29)30)12-22(11-19)27(31,32)33/h3-7,10-12,16-18,34,38H,8-9,13-15H2,1-2H3,(H,36,39)/t17?,18-,24-,25-/m1/s1. The third-order valence-electron chi connectivity index (χ3n) is 7.50. The van der Waals surface area contributed by atoms with E-state index >= 15 is 0 Å². The highest BCUT2D eigenvalue weighted by atomic mass is 19.4. The van der Waals surface area contributed by atoms with Crippen LogP contribution in [0.15, 0.2) is 59.7 Å². The van der Waals surface area contributed by atoms with E-state index in [0.717, 1.165) is 5.56 Å². The van der Waals surface area contributed by atoms with Gasteiger partial charge in [0, 0.05) is 6.54 Å². The lowest BCUT2D eigenvalue weighted by Gasteiger charge is -2.48. The fourth-order valence-corrected chi connectivity index (χ4v) is 5.36. The molecule has 4 rings (SSSR count). The zero-order valence-corrected chi connectivity index (χ0v) is 21.8. The summed E-state index contributed by atoms with van der Waals surface area (Å²) in [5.41, 5.74) is -4.42. The van der Waals surface area contributed by atoms with Crippen LogP contribution in [0.25, 0.3) is 0 Å². The van der Waals surface area contributed by atoms with E-state index in [1.54, 1.807) is 6.92 Å². The minimum absolute atomic E-state index is 0.0825. The van der Waals surface area contributed by atoms with Gasteiger partial charge in [0.1, 0.15) is 6.33 Å². The second-order valence-corrected chi connectivity index (χ2v) is 10.4. The molecule has 3 N–H and O–H groups in total. The SMILES string of the molecule is CC(O)C[C@]1(n2cn[nH]c2=O)CC[C@@](CO[C@H](C)c2cc(C(F)(F)F)cc(C(F)(F)F)c2)(c2ccccc2)NC1. The summed E-state index contributed by atoms with van der Waals surface area (Å²) in [6.07, 6.45) is -9.39. The van der Waals surface area contributed by atoms with Gasteiger partial charge in [0.2, 0.25) is 0 Å². The summed E-state index contributed by atoms with van der Waals surface area (Å²) in [6.45, 7) is 3.15. The molecular weight excluding hydrogens is 542 g/mol. The van der Waals surface area contributed by atoms with Crippen molar-refractivity contribution in [1.82, 2.24) is 20.1 Å². The molecule has 3 aromatic rings. The van der Waals surface area contributed by atoms with E-state index in [9.17, 15) is 36.2 Å².